The first-order valence-corrected chi connectivity index (χ1v) is 5.96. The minimum absolute atomic E-state index is 0.0930. The first-order chi connectivity index (χ1) is 8.47. The molecule has 98 valence electrons. The summed E-state index contributed by atoms with van der Waals surface area (Å²) in [4.78, 5) is 26.2. The topological polar surface area (TPSA) is 91.8 Å². The molecule has 1 aliphatic rings. The van der Waals surface area contributed by atoms with Crippen molar-refractivity contribution in [3.63, 3.8) is 0 Å². The molecular weight excluding hydrogens is 236 g/mol. The van der Waals surface area contributed by atoms with Crippen molar-refractivity contribution in [1.29, 1.82) is 5.39 Å². The van der Waals surface area contributed by atoms with Crippen molar-refractivity contribution in [2.24, 2.45) is 5.41 Å². The van der Waals surface area contributed by atoms with Gasteiger partial charge in [-0.2, -0.15) is 0 Å². The Hall–Kier alpha value is -1.90. The summed E-state index contributed by atoms with van der Waals surface area (Å²) < 4.78 is 4.67. The van der Waals surface area contributed by atoms with Crippen LogP contribution >= 0.6 is 0 Å². The van der Waals surface area contributed by atoms with Crippen LogP contribution in [0.25, 0.3) is 4.98 Å². The Morgan fingerprint density at radius 1 is 1.56 bits per heavy atom. The number of aliphatic hydroxyl groups is 1. The molecule has 0 bridgehead atoms. The van der Waals surface area contributed by atoms with E-state index in [9.17, 15) is 14.7 Å². The van der Waals surface area contributed by atoms with Crippen molar-refractivity contribution in [2.45, 2.75) is 39.5 Å². The molecule has 1 atom stereocenters. The average molecular weight is 253 g/mol. The van der Waals surface area contributed by atoms with E-state index in [1.54, 1.807) is 13.8 Å². The number of diazo groups is 1. The van der Waals surface area contributed by atoms with E-state index >= 15 is 0 Å². The number of ether oxygens (including phenoxy) is 1. The van der Waals surface area contributed by atoms with Gasteiger partial charge in [0.1, 0.15) is 5.78 Å². The van der Waals surface area contributed by atoms with Crippen LogP contribution in [-0.4, -0.2) is 23.5 Å². The summed E-state index contributed by atoms with van der Waals surface area (Å²) >= 11 is 0. The van der Waals surface area contributed by atoms with Crippen molar-refractivity contribution in [2.75, 3.05) is 6.61 Å². The summed E-state index contributed by atoms with van der Waals surface area (Å²) in [6, 6.07) is 0. The Morgan fingerprint density at radius 3 is 2.72 bits per heavy atom. The maximum absolute atomic E-state index is 11.9. The number of aliphatic hydroxyl groups excluding tert-OH is 1. The predicted octanol–water partition coefficient (Wildman–Crippen LogP) is 2.32. The van der Waals surface area contributed by atoms with Crippen LogP contribution in [0.4, 0.5) is 0 Å². The number of rotatable bonds is 3. The van der Waals surface area contributed by atoms with Gasteiger partial charge in [0.25, 0.3) is 0 Å². The Kier molecular flexibility index (Phi) is 4.43. The highest BCUT2D eigenvalue weighted by Crippen LogP contribution is 2.39. The number of carbonyl (C=O) groups excluding carboxylic acids is 2. The minimum Gasteiger partial charge on any atom is -0.504 e. The molecule has 0 aromatic carbocycles. The molecule has 18 heavy (non-hydrogen) atoms. The van der Waals surface area contributed by atoms with Gasteiger partial charge in [-0.3, -0.25) is 4.79 Å². The molecule has 0 heterocycles. The van der Waals surface area contributed by atoms with Crippen molar-refractivity contribution in [3.05, 3.63) is 16.4 Å². The third-order valence-electron chi connectivity index (χ3n) is 3.26. The van der Waals surface area contributed by atoms with E-state index in [2.05, 4.69) is 9.71 Å². The largest absolute Gasteiger partial charge is 0.506 e. The van der Waals surface area contributed by atoms with Crippen molar-refractivity contribution in [1.82, 2.24) is 0 Å². The molecule has 0 amide bonds. The molecule has 0 saturated heterocycles. The molecule has 1 aliphatic carbocycles. The van der Waals surface area contributed by atoms with Gasteiger partial charge in [0, 0.05) is 6.42 Å². The van der Waals surface area contributed by atoms with Crippen LogP contribution in [0.1, 0.15) is 39.5 Å². The van der Waals surface area contributed by atoms with Crippen LogP contribution in [0.5, 0.6) is 0 Å². The van der Waals surface area contributed by atoms with Crippen LogP contribution in [0.3, 0.4) is 0 Å². The molecule has 1 saturated carbocycles. The number of carbonyl (C=O) groups is 2. The fraction of sp³-hybridized carbons (Fsp3) is 0.667. The van der Waals surface area contributed by atoms with E-state index in [1.165, 1.54) is 0 Å². The zero-order valence-corrected chi connectivity index (χ0v) is 10.6. The number of Topliss-reactive ketones (excluding diaryl/α,β-unsaturated/α-hetero) is 1. The molecule has 0 spiro atoms. The molecule has 6 nitrogen and oxygen atoms in total. The normalized spacial score (nSPS) is 25.1. The number of esters is 1. The van der Waals surface area contributed by atoms with Gasteiger partial charge in [0.15, 0.2) is 4.98 Å². The van der Waals surface area contributed by atoms with E-state index in [-0.39, 0.29) is 12.4 Å². The van der Waals surface area contributed by atoms with Crippen LogP contribution in [0, 0.1) is 10.8 Å². The Balaban J connectivity index is 3.15. The summed E-state index contributed by atoms with van der Waals surface area (Å²) in [5.74, 6) is -1.60. The Morgan fingerprint density at radius 2 is 2.22 bits per heavy atom. The maximum Gasteiger partial charge on any atom is 0.506 e. The molecule has 1 rings (SSSR count). The summed E-state index contributed by atoms with van der Waals surface area (Å²) in [5.41, 5.74) is -1.75. The number of hydrogen-bond acceptors (Lipinski definition) is 5. The Bertz CT molecular complexity index is 436. The standard InChI is InChI=1S/C12H16N2O4/c1-3-18-11(17)9(14-13)10(16)12(2)7-5-4-6-8(12)15/h3-7H2,1-2H3/p+1. The fourth-order valence-electron chi connectivity index (χ4n) is 2.08. The highest BCUT2D eigenvalue weighted by Gasteiger charge is 2.47. The van der Waals surface area contributed by atoms with Gasteiger partial charge in [0.2, 0.25) is 11.2 Å². The van der Waals surface area contributed by atoms with Crippen LogP contribution in [-0.2, 0) is 14.3 Å². The van der Waals surface area contributed by atoms with Crippen molar-refractivity contribution < 1.29 is 19.4 Å². The highest BCUT2D eigenvalue weighted by atomic mass is 16.5. The lowest BCUT2D eigenvalue weighted by atomic mass is 9.72. The lowest BCUT2D eigenvalue weighted by molar-refractivity contribution is -0.138. The zero-order valence-electron chi connectivity index (χ0n) is 10.6. The van der Waals surface area contributed by atoms with Crippen molar-refractivity contribution in [3.8, 4) is 0 Å². The van der Waals surface area contributed by atoms with Gasteiger partial charge in [0.05, 0.1) is 12.0 Å². The monoisotopic (exact) mass is 253 g/mol. The number of allylic oxidation sites excluding steroid dienone is 1. The second kappa shape index (κ2) is 5.63. The molecule has 1 fully saturated rings. The van der Waals surface area contributed by atoms with Crippen molar-refractivity contribution >= 4 is 11.8 Å². The molecular formula is C12H17N2O4+. The molecule has 0 aromatic rings. The average Bonchev–Trinajstić information content (AvgIpc) is 2.34. The highest BCUT2D eigenvalue weighted by molar-refractivity contribution is 5.94. The van der Waals surface area contributed by atoms with Crippen LogP contribution in [0.2, 0.25) is 0 Å². The second-order valence-corrected chi connectivity index (χ2v) is 4.48. The molecule has 1 unspecified atom stereocenters. The number of hydrogen-bond donors (Lipinski definition) is 1. The van der Waals surface area contributed by atoms with E-state index < -0.39 is 22.8 Å². The van der Waals surface area contributed by atoms with E-state index in [0.717, 1.165) is 12.8 Å². The maximum atomic E-state index is 11.9. The number of nitrogens with zero attached hydrogens (tertiary/aromatic N) is 2. The summed E-state index contributed by atoms with van der Waals surface area (Å²) in [7, 11) is 0. The molecule has 0 aromatic heterocycles. The summed E-state index contributed by atoms with van der Waals surface area (Å²) in [6.45, 7) is 3.24. The van der Waals surface area contributed by atoms with Gasteiger partial charge in [-0.1, -0.05) is 6.42 Å². The van der Waals surface area contributed by atoms with Gasteiger partial charge >= 0.3 is 11.7 Å². The molecule has 0 aliphatic heterocycles. The summed E-state index contributed by atoms with van der Waals surface area (Å²) in [6.07, 6.45) is 2.32. The lowest BCUT2D eigenvalue weighted by Gasteiger charge is -2.29. The minimum atomic E-state index is -1.16. The zero-order chi connectivity index (χ0) is 13.8. The van der Waals surface area contributed by atoms with E-state index in [1.807, 2.05) is 0 Å². The lowest BCUT2D eigenvalue weighted by Crippen LogP contribution is -2.34. The third-order valence-corrected chi connectivity index (χ3v) is 3.26. The van der Waals surface area contributed by atoms with Crippen LogP contribution in [0.15, 0.2) is 11.5 Å². The van der Waals surface area contributed by atoms with Gasteiger partial charge < -0.3 is 9.84 Å². The van der Waals surface area contributed by atoms with E-state index in [4.69, 9.17) is 5.39 Å². The first-order valence-electron chi connectivity index (χ1n) is 5.96. The predicted molar refractivity (Wildman–Crippen MR) is 63.0 cm³/mol. The van der Waals surface area contributed by atoms with Gasteiger partial charge in [-0.05, 0) is 26.7 Å². The van der Waals surface area contributed by atoms with Crippen LogP contribution < -0.4 is 0 Å². The molecule has 1 N–H and O–H groups in total. The third kappa shape index (κ3) is 2.50. The molecule has 6 heteroatoms. The second-order valence-electron chi connectivity index (χ2n) is 4.48. The summed E-state index contributed by atoms with van der Waals surface area (Å²) in [5, 5.41) is 18.9. The Labute approximate surface area is 105 Å². The van der Waals surface area contributed by atoms with Gasteiger partial charge in [-0.15, -0.1) is 0 Å². The fourth-order valence-corrected chi connectivity index (χ4v) is 2.08. The SMILES string of the molecule is CCOC(=O)/C([N+]#N)=C(\O)C1(C)CCCCC1=O. The van der Waals surface area contributed by atoms with Gasteiger partial charge in [-0.25, -0.2) is 4.79 Å². The quantitative estimate of drug-likeness (QED) is 0.360. The first kappa shape index (κ1) is 14.2. The van der Waals surface area contributed by atoms with E-state index in [0.29, 0.717) is 12.8 Å². The number of ketones is 1. The smallest absolute Gasteiger partial charge is 0.504 e. The molecule has 0 radical (unpaired) electrons.